The molecule has 1 aliphatic carbocycles. The van der Waals surface area contributed by atoms with Gasteiger partial charge in [-0.15, -0.1) is 0 Å². The Morgan fingerprint density at radius 3 is 2.48 bits per heavy atom. The number of nitrogens with one attached hydrogen (secondary N) is 2. The van der Waals surface area contributed by atoms with E-state index in [0.717, 1.165) is 16.9 Å². The van der Waals surface area contributed by atoms with E-state index in [4.69, 9.17) is 25.8 Å². The third kappa shape index (κ3) is 9.07. The van der Waals surface area contributed by atoms with Crippen molar-refractivity contribution in [1.29, 1.82) is 0 Å². The number of hydrogen-bond acceptors (Lipinski definition) is 5. The highest BCUT2D eigenvalue weighted by atomic mass is 35.5. The Balaban J connectivity index is 1.79. The van der Waals surface area contributed by atoms with Crippen molar-refractivity contribution < 1.29 is 23.8 Å². The van der Waals surface area contributed by atoms with Gasteiger partial charge in [-0.25, -0.2) is 19.6 Å². The molecule has 2 amide bonds. The van der Waals surface area contributed by atoms with E-state index >= 15 is 0 Å². The fraction of sp³-hybridized carbons (Fsp3) is 0.636. The first kappa shape index (κ1) is 25.5. The molecule has 0 bridgehead atoms. The van der Waals surface area contributed by atoms with Crippen LogP contribution in [0.25, 0.3) is 0 Å². The van der Waals surface area contributed by atoms with Gasteiger partial charge in [-0.1, -0.05) is 17.7 Å². The molecule has 0 spiro atoms. The number of ether oxygens (including phenoxy) is 3. The molecule has 0 heterocycles. The standard InChI is InChI=1S/C22H35ClN2O5S/c1-22(2,3)30-20(26)24-9-10-28-18-8-7-15-13-16(14-17(15)19(18)23)25-21(27)29-11-12-31(4,5)6/h7-8,16H,9-14H2,1-6H3,(H,24,26)(H,25,27). The molecule has 1 unspecified atom stereocenters. The molecule has 0 radical (unpaired) electrons. The molecule has 0 saturated heterocycles. The van der Waals surface area contributed by atoms with E-state index in [2.05, 4.69) is 29.4 Å². The Kier molecular flexibility index (Phi) is 8.77. The summed E-state index contributed by atoms with van der Waals surface area (Å²) < 4.78 is 16.2. The van der Waals surface area contributed by atoms with Gasteiger partial charge in [-0.2, -0.15) is 0 Å². The van der Waals surface area contributed by atoms with Crippen molar-refractivity contribution in [2.75, 3.05) is 44.3 Å². The van der Waals surface area contributed by atoms with E-state index in [9.17, 15) is 9.59 Å². The lowest BCUT2D eigenvalue weighted by Crippen LogP contribution is -2.36. The van der Waals surface area contributed by atoms with Crippen molar-refractivity contribution in [2.24, 2.45) is 0 Å². The summed E-state index contributed by atoms with van der Waals surface area (Å²) in [5.41, 5.74) is 1.52. The van der Waals surface area contributed by atoms with Crippen molar-refractivity contribution in [1.82, 2.24) is 10.6 Å². The molecule has 0 saturated carbocycles. The molecule has 1 aliphatic rings. The number of fused-ring (bicyclic) bond motifs is 1. The van der Waals surface area contributed by atoms with Crippen LogP contribution in [0.5, 0.6) is 5.75 Å². The van der Waals surface area contributed by atoms with Crippen LogP contribution in [0.2, 0.25) is 5.02 Å². The summed E-state index contributed by atoms with van der Waals surface area (Å²) in [4.78, 5) is 23.7. The highest BCUT2D eigenvalue weighted by Gasteiger charge is 2.27. The van der Waals surface area contributed by atoms with Crippen molar-refractivity contribution in [3.05, 3.63) is 28.3 Å². The molecule has 0 aromatic heterocycles. The zero-order chi connectivity index (χ0) is 23.2. The van der Waals surface area contributed by atoms with Gasteiger partial charge in [0.2, 0.25) is 0 Å². The van der Waals surface area contributed by atoms with Crippen molar-refractivity contribution >= 4 is 33.8 Å². The Hall–Kier alpha value is -1.80. The van der Waals surface area contributed by atoms with Gasteiger partial charge in [0.05, 0.1) is 11.6 Å². The molecule has 0 fully saturated rings. The number of alkyl carbamates (subject to hydrolysis) is 2. The minimum atomic E-state index is -0.690. The summed E-state index contributed by atoms with van der Waals surface area (Å²) in [7, 11) is -0.690. The number of carbonyl (C=O) groups is 2. The van der Waals surface area contributed by atoms with Gasteiger partial charge in [0.15, 0.2) is 0 Å². The van der Waals surface area contributed by atoms with E-state index in [1.54, 1.807) is 0 Å². The third-order valence-electron chi connectivity index (χ3n) is 4.50. The van der Waals surface area contributed by atoms with Crippen LogP contribution in [0.15, 0.2) is 12.1 Å². The number of hydrogen-bond donors (Lipinski definition) is 2. The lowest BCUT2D eigenvalue weighted by molar-refractivity contribution is 0.0520. The molecule has 0 aliphatic heterocycles. The predicted octanol–water partition coefficient (Wildman–Crippen LogP) is 4.13. The fourth-order valence-corrected chi connectivity index (χ4v) is 3.97. The van der Waals surface area contributed by atoms with E-state index in [1.807, 2.05) is 32.9 Å². The number of carbonyl (C=O) groups excluding carboxylic acids is 2. The summed E-state index contributed by atoms with van der Waals surface area (Å²) in [6.45, 7) is 6.42. The van der Waals surface area contributed by atoms with Crippen molar-refractivity contribution in [3.8, 4) is 5.75 Å². The summed E-state index contributed by atoms with van der Waals surface area (Å²) >= 11 is 6.54. The molecular formula is C22H35ClN2O5S. The molecule has 31 heavy (non-hydrogen) atoms. The van der Waals surface area contributed by atoms with Crippen LogP contribution in [-0.4, -0.2) is 68.1 Å². The molecule has 2 rings (SSSR count). The van der Waals surface area contributed by atoms with Gasteiger partial charge < -0.3 is 24.8 Å². The lowest BCUT2D eigenvalue weighted by atomic mass is 10.1. The van der Waals surface area contributed by atoms with Gasteiger partial charge in [-0.3, -0.25) is 0 Å². The molecular weight excluding hydrogens is 440 g/mol. The Labute approximate surface area is 191 Å². The minimum absolute atomic E-state index is 0.0499. The van der Waals surface area contributed by atoms with Crippen LogP contribution >= 0.6 is 21.6 Å². The number of halogens is 1. The van der Waals surface area contributed by atoms with Gasteiger partial charge in [0, 0.05) is 11.8 Å². The summed E-state index contributed by atoms with van der Waals surface area (Å²) in [5.74, 6) is 1.45. The predicted molar refractivity (Wildman–Crippen MR) is 127 cm³/mol. The first-order chi connectivity index (χ1) is 14.3. The van der Waals surface area contributed by atoms with Crippen LogP contribution < -0.4 is 15.4 Å². The van der Waals surface area contributed by atoms with E-state index in [0.29, 0.717) is 36.8 Å². The first-order valence-electron chi connectivity index (χ1n) is 10.3. The quantitative estimate of drug-likeness (QED) is 0.553. The largest absolute Gasteiger partial charge is 0.490 e. The van der Waals surface area contributed by atoms with Crippen LogP contribution in [0.1, 0.15) is 31.9 Å². The highest BCUT2D eigenvalue weighted by molar-refractivity contribution is 8.32. The van der Waals surface area contributed by atoms with E-state index in [1.165, 1.54) is 0 Å². The van der Waals surface area contributed by atoms with E-state index in [-0.39, 0.29) is 18.7 Å². The van der Waals surface area contributed by atoms with Crippen LogP contribution in [0.3, 0.4) is 0 Å². The molecule has 1 aromatic carbocycles. The summed E-state index contributed by atoms with van der Waals surface area (Å²) in [6.07, 6.45) is 7.03. The number of amides is 2. The fourth-order valence-electron chi connectivity index (χ4n) is 3.07. The monoisotopic (exact) mass is 474 g/mol. The molecule has 1 aromatic rings. The molecule has 1 atom stereocenters. The Bertz CT molecular complexity index is 789. The smallest absolute Gasteiger partial charge is 0.407 e. The first-order valence-corrected chi connectivity index (χ1v) is 13.7. The molecule has 2 N–H and O–H groups in total. The molecule has 7 nitrogen and oxygen atoms in total. The maximum atomic E-state index is 12.1. The van der Waals surface area contributed by atoms with Gasteiger partial charge in [-0.05, 0) is 69.6 Å². The van der Waals surface area contributed by atoms with E-state index < -0.39 is 21.7 Å². The topological polar surface area (TPSA) is 85.9 Å². The Morgan fingerprint density at radius 2 is 1.84 bits per heavy atom. The van der Waals surface area contributed by atoms with Gasteiger partial charge in [0.25, 0.3) is 0 Å². The second-order valence-corrected chi connectivity index (χ2v) is 14.4. The zero-order valence-electron chi connectivity index (χ0n) is 19.3. The average Bonchev–Trinajstić information content (AvgIpc) is 3.01. The van der Waals surface area contributed by atoms with Gasteiger partial charge in [0.1, 0.15) is 24.6 Å². The average molecular weight is 475 g/mol. The Morgan fingerprint density at radius 1 is 1.13 bits per heavy atom. The lowest BCUT2D eigenvalue weighted by Gasteiger charge is -2.24. The van der Waals surface area contributed by atoms with Gasteiger partial charge >= 0.3 is 12.2 Å². The van der Waals surface area contributed by atoms with Crippen LogP contribution in [-0.2, 0) is 22.3 Å². The maximum absolute atomic E-state index is 12.1. The van der Waals surface area contributed by atoms with Crippen molar-refractivity contribution in [2.45, 2.75) is 45.3 Å². The minimum Gasteiger partial charge on any atom is -0.490 e. The van der Waals surface area contributed by atoms with Crippen LogP contribution in [0.4, 0.5) is 9.59 Å². The molecule has 9 heteroatoms. The summed E-state index contributed by atoms with van der Waals surface area (Å²) in [6, 6.07) is 3.74. The highest BCUT2D eigenvalue weighted by Crippen LogP contribution is 2.36. The third-order valence-corrected chi connectivity index (χ3v) is 6.31. The second kappa shape index (κ2) is 10.7. The number of benzene rings is 1. The normalized spacial score (nSPS) is 16.3. The maximum Gasteiger partial charge on any atom is 0.407 e. The van der Waals surface area contributed by atoms with Crippen LogP contribution in [0, 0.1) is 0 Å². The molecule has 176 valence electrons. The second-order valence-electron chi connectivity index (χ2n) is 9.47. The SMILES string of the molecule is CC(C)(C)OC(=O)NCCOc1ccc2c(c1Cl)CC(NC(=O)OCCS(C)(C)C)C2. The van der Waals surface area contributed by atoms with Crippen molar-refractivity contribution in [3.63, 3.8) is 0 Å². The summed E-state index contributed by atoms with van der Waals surface area (Å²) in [5, 5.41) is 6.12. The zero-order valence-corrected chi connectivity index (χ0v) is 20.9. The number of rotatable bonds is 8.